The van der Waals surface area contributed by atoms with E-state index in [1.807, 2.05) is 19.2 Å². The first-order valence-electron chi connectivity index (χ1n) is 3.77. The zero-order chi connectivity index (χ0) is 8.10. The van der Waals surface area contributed by atoms with Gasteiger partial charge in [0, 0.05) is 6.20 Å². The lowest BCUT2D eigenvalue weighted by Crippen LogP contribution is -1.86. The molecule has 0 aliphatic rings. The highest BCUT2D eigenvalue weighted by molar-refractivity contribution is 5.47. The van der Waals surface area contributed by atoms with Crippen molar-refractivity contribution in [1.82, 2.24) is 9.97 Å². The fraction of sp³-hybridized carbons (Fsp3) is 0.333. The first-order chi connectivity index (χ1) is 5.34. The van der Waals surface area contributed by atoms with Crippen LogP contribution in [-0.4, -0.2) is 9.97 Å². The Labute approximate surface area is 67.0 Å². The highest BCUT2D eigenvalue weighted by Gasteiger charge is 1.91. The molecule has 0 atom stereocenters. The van der Waals surface area contributed by atoms with E-state index in [0.29, 0.717) is 0 Å². The van der Waals surface area contributed by atoms with Crippen LogP contribution in [0.1, 0.15) is 24.6 Å². The van der Waals surface area contributed by atoms with Gasteiger partial charge in [-0.3, -0.25) is 0 Å². The van der Waals surface area contributed by atoms with Crippen molar-refractivity contribution in [3.63, 3.8) is 0 Å². The van der Waals surface area contributed by atoms with E-state index in [0.717, 1.165) is 17.7 Å². The summed E-state index contributed by atoms with van der Waals surface area (Å²) in [6.45, 7) is 4.11. The van der Waals surface area contributed by atoms with Crippen molar-refractivity contribution in [2.45, 2.75) is 20.3 Å². The number of hydrogen-bond acceptors (Lipinski definition) is 2. The lowest BCUT2D eigenvalue weighted by atomic mass is 10.2. The van der Waals surface area contributed by atoms with Crippen molar-refractivity contribution in [2.75, 3.05) is 0 Å². The average Bonchev–Trinajstić information content (AvgIpc) is 2.03. The number of hydrogen-bond donors (Lipinski definition) is 0. The molecule has 0 aromatic carbocycles. The summed E-state index contributed by atoms with van der Waals surface area (Å²) in [5.41, 5.74) is 2.14. The molecule has 0 aliphatic carbocycles. The third kappa shape index (κ3) is 2.15. The molecule has 0 amide bonds. The van der Waals surface area contributed by atoms with Crippen LogP contribution in [0.25, 0.3) is 6.08 Å². The molecule has 0 N–H and O–H groups in total. The lowest BCUT2D eigenvalue weighted by Gasteiger charge is -1.94. The molecule has 0 bridgehead atoms. The summed E-state index contributed by atoms with van der Waals surface area (Å²) in [5, 5.41) is 0. The zero-order valence-corrected chi connectivity index (χ0v) is 6.91. The number of aromatic nitrogens is 2. The molecule has 0 fully saturated rings. The number of allylic oxidation sites excluding steroid dienone is 1. The first-order valence-corrected chi connectivity index (χ1v) is 3.77. The quantitative estimate of drug-likeness (QED) is 0.642. The third-order valence-corrected chi connectivity index (χ3v) is 1.45. The van der Waals surface area contributed by atoms with Crippen LogP contribution in [-0.2, 0) is 0 Å². The minimum absolute atomic E-state index is 1.02. The van der Waals surface area contributed by atoms with Crippen molar-refractivity contribution in [3.05, 3.63) is 29.9 Å². The number of nitrogens with zero attached hydrogens (tertiary/aromatic N) is 2. The van der Waals surface area contributed by atoms with Crippen LogP contribution in [0.15, 0.2) is 18.6 Å². The van der Waals surface area contributed by atoms with Crippen molar-refractivity contribution in [1.29, 1.82) is 0 Å². The van der Waals surface area contributed by atoms with Crippen molar-refractivity contribution in [2.24, 2.45) is 0 Å². The molecule has 0 saturated carbocycles. The predicted molar refractivity (Wildman–Crippen MR) is 46.1 cm³/mol. The Bertz CT molecular complexity index is 253. The topological polar surface area (TPSA) is 25.8 Å². The maximum Gasteiger partial charge on any atom is 0.116 e. The summed E-state index contributed by atoms with van der Waals surface area (Å²) >= 11 is 0. The van der Waals surface area contributed by atoms with Crippen LogP contribution >= 0.6 is 0 Å². The molecule has 1 aromatic heterocycles. The Hall–Kier alpha value is -1.18. The smallest absolute Gasteiger partial charge is 0.116 e. The van der Waals surface area contributed by atoms with Gasteiger partial charge in [0.25, 0.3) is 0 Å². The summed E-state index contributed by atoms with van der Waals surface area (Å²) in [6, 6.07) is 0. The van der Waals surface area contributed by atoms with Gasteiger partial charge in [-0.25, -0.2) is 9.97 Å². The fourth-order valence-electron chi connectivity index (χ4n) is 0.813. The fourth-order valence-corrected chi connectivity index (χ4v) is 0.813. The van der Waals surface area contributed by atoms with Crippen LogP contribution in [0.3, 0.4) is 0 Å². The Balaban J connectivity index is 2.86. The minimum Gasteiger partial charge on any atom is -0.245 e. The van der Waals surface area contributed by atoms with Gasteiger partial charge in [0.15, 0.2) is 0 Å². The van der Waals surface area contributed by atoms with Crippen LogP contribution in [0.5, 0.6) is 0 Å². The molecular formula is C9H12N2. The monoisotopic (exact) mass is 148 g/mol. The van der Waals surface area contributed by atoms with E-state index in [2.05, 4.69) is 23.0 Å². The highest BCUT2D eigenvalue weighted by Crippen LogP contribution is 2.03. The first kappa shape index (κ1) is 7.92. The molecule has 1 heterocycles. The molecule has 2 nitrogen and oxygen atoms in total. The van der Waals surface area contributed by atoms with Crippen LogP contribution in [0.2, 0.25) is 0 Å². The van der Waals surface area contributed by atoms with Gasteiger partial charge in [0.05, 0.1) is 5.69 Å². The Morgan fingerprint density at radius 3 is 3.00 bits per heavy atom. The van der Waals surface area contributed by atoms with Gasteiger partial charge in [-0.2, -0.15) is 0 Å². The predicted octanol–water partition coefficient (Wildman–Crippen LogP) is 2.21. The number of rotatable bonds is 2. The molecule has 0 unspecified atom stereocenters. The number of aryl methyl sites for hydroxylation is 1. The van der Waals surface area contributed by atoms with Gasteiger partial charge in [0.2, 0.25) is 0 Å². The maximum absolute atomic E-state index is 4.12. The molecule has 0 saturated heterocycles. The standard InChI is InChI=1S/C9H12N2/c1-3-4-5-9-8(2)6-10-7-11-9/h4-7H,3H2,1-2H3. The largest absolute Gasteiger partial charge is 0.245 e. The van der Waals surface area contributed by atoms with E-state index >= 15 is 0 Å². The second-order valence-corrected chi connectivity index (χ2v) is 2.40. The maximum atomic E-state index is 4.12. The summed E-state index contributed by atoms with van der Waals surface area (Å²) in [4.78, 5) is 8.03. The summed E-state index contributed by atoms with van der Waals surface area (Å²) in [7, 11) is 0. The van der Waals surface area contributed by atoms with Crippen LogP contribution in [0.4, 0.5) is 0 Å². The summed E-state index contributed by atoms with van der Waals surface area (Å²) in [6.07, 6.45) is 8.56. The Morgan fingerprint density at radius 1 is 1.55 bits per heavy atom. The molecule has 11 heavy (non-hydrogen) atoms. The van der Waals surface area contributed by atoms with E-state index in [4.69, 9.17) is 0 Å². The SMILES string of the molecule is CCC=Cc1ncncc1C. The van der Waals surface area contributed by atoms with E-state index in [1.165, 1.54) is 0 Å². The van der Waals surface area contributed by atoms with Gasteiger partial charge in [0.1, 0.15) is 6.33 Å². The molecule has 0 aliphatic heterocycles. The van der Waals surface area contributed by atoms with Gasteiger partial charge in [-0.1, -0.05) is 13.0 Å². The summed E-state index contributed by atoms with van der Waals surface area (Å²) in [5.74, 6) is 0. The summed E-state index contributed by atoms with van der Waals surface area (Å²) < 4.78 is 0. The third-order valence-electron chi connectivity index (χ3n) is 1.45. The zero-order valence-electron chi connectivity index (χ0n) is 6.91. The van der Waals surface area contributed by atoms with Crippen LogP contribution in [0, 0.1) is 6.92 Å². The molecule has 0 radical (unpaired) electrons. The molecule has 58 valence electrons. The van der Waals surface area contributed by atoms with Crippen molar-refractivity contribution >= 4 is 6.08 Å². The van der Waals surface area contributed by atoms with E-state index in [9.17, 15) is 0 Å². The van der Waals surface area contributed by atoms with Crippen molar-refractivity contribution in [3.8, 4) is 0 Å². The molecule has 2 heteroatoms. The van der Waals surface area contributed by atoms with Gasteiger partial charge >= 0.3 is 0 Å². The van der Waals surface area contributed by atoms with Crippen molar-refractivity contribution < 1.29 is 0 Å². The van der Waals surface area contributed by atoms with Crippen LogP contribution < -0.4 is 0 Å². The van der Waals surface area contributed by atoms with Gasteiger partial charge in [-0.15, -0.1) is 0 Å². The minimum atomic E-state index is 1.02. The second kappa shape index (κ2) is 3.86. The van der Waals surface area contributed by atoms with E-state index in [1.54, 1.807) is 6.33 Å². The molecular weight excluding hydrogens is 136 g/mol. The van der Waals surface area contributed by atoms with Gasteiger partial charge < -0.3 is 0 Å². The van der Waals surface area contributed by atoms with E-state index < -0.39 is 0 Å². The molecule has 0 spiro atoms. The normalized spacial score (nSPS) is 10.7. The molecule has 1 aromatic rings. The van der Waals surface area contributed by atoms with Gasteiger partial charge in [-0.05, 0) is 25.0 Å². The Morgan fingerprint density at radius 2 is 2.36 bits per heavy atom. The Kier molecular flexibility index (Phi) is 2.78. The molecule has 1 rings (SSSR count). The lowest BCUT2D eigenvalue weighted by molar-refractivity contribution is 1.11. The second-order valence-electron chi connectivity index (χ2n) is 2.40. The highest BCUT2D eigenvalue weighted by atomic mass is 14.8. The van der Waals surface area contributed by atoms with E-state index in [-0.39, 0.29) is 0 Å². The average molecular weight is 148 g/mol.